The maximum Gasteiger partial charge on any atom is 0.0407 e. The average molecular weight is 170 g/mol. The zero-order valence-corrected chi connectivity index (χ0v) is 7.36. The van der Waals surface area contributed by atoms with Crippen molar-refractivity contribution in [3.05, 3.63) is 29.3 Å². The summed E-state index contributed by atoms with van der Waals surface area (Å²) in [6.45, 7) is 3.16. The molecule has 0 aliphatic heterocycles. The molecule has 0 amide bonds. The third-order valence-electron chi connectivity index (χ3n) is 1.42. The van der Waals surface area contributed by atoms with E-state index in [1.54, 1.807) is 0 Å². The molecule has 1 nitrogen and oxygen atoms in total. The van der Waals surface area contributed by atoms with Gasteiger partial charge in [0, 0.05) is 17.3 Å². The van der Waals surface area contributed by atoms with E-state index >= 15 is 0 Å². The lowest BCUT2D eigenvalue weighted by Crippen LogP contribution is -1.98. The summed E-state index contributed by atoms with van der Waals surface area (Å²) < 4.78 is 0. The summed E-state index contributed by atoms with van der Waals surface area (Å²) in [5, 5.41) is 4.05. The van der Waals surface area contributed by atoms with Gasteiger partial charge in [0.25, 0.3) is 0 Å². The van der Waals surface area contributed by atoms with Crippen LogP contribution < -0.4 is 5.32 Å². The van der Waals surface area contributed by atoms with Gasteiger partial charge in [0.2, 0.25) is 0 Å². The number of hydrogen-bond acceptors (Lipinski definition) is 1. The van der Waals surface area contributed by atoms with Gasteiger partial charge in [-0.3, -0.25) is 0 Å². The Morgan fingerprint density at radius 1 is 1.27 bits per heavy atom. The Labute approximate surface area is 72.4 Å². The molecule has 0 fully saturated rings. The van der Waals surface area contributed by atoms with Crippen molar-refractivity contribution in [2.75, 3.05) is 11.9 Å². The lowest BCUT2D eigenvalue weighted by Gasteiger charge is -2.02. The first kappa shape index (κ1) is 8.41. The predicted octanol–water partition coefficient (Wildman–Crippen LogP) is 3.16. The highest BCUT2D eigenvalue weighted by Crippen LogP contribution is 2.12. The van der Waals surface area contributed by atoms with Gasteiger partial charge in [-0.1, -0.05) is 18.5 Å². The Balaban J connectivity index is 2.52. The topological polar surface area (TPSA) is 12.0 Å². The van der Waals surface area contributed by atoms with Gasteiger partial charge in [0.05, 0.1) is 0 Å². The normalized spacial score (nSPS) is 9.64. The van der Waals surface area contributed by atoms with Crippen LogP contribution in [0.5, 0.6) is 0 Å². The Morgan fingerprint density at radius 3 is 2.45 bits per heavy atom. The van der Waals surface area contributed by atoms with Crippen molar-refractivity contribution in [2.45, 2.75) is 13.3 Å². The molecule has 0 aromatic heterocycles. The van der Waals surface area contributed by atoms with Crippen molar-refractivity contribution >= 4 is 17.3 Å². The molecule has 0 heterocycles. The summed E-state index contributed by atoms with van der Waals surface area (Å²) in [6.07, 6.45) is 1.14. The lowest BCUT2D eigenvalue weighted by atomic mass is 10.3. The van der Waals surface area contributed by atoms with Crippen LogP contribution in [0, 0.1) is 0 Å². The molecule has 2 heteroatoms. The summed E-state index contributed by atoms with van der Waals surface area (Å²) in [4.78, 5) is 0. The molecule has 1 aromatic carbocycles. The minimum atomic E-state index is 0.784. The van der Waals surface area contributed by atoms with E-state index < -0.39 is 0 Å². The highest BCUT2D eigenvalue weighted by atomic mass is 35.5. The van der Waals surface area contributed by atoms with E-state index in [-0.39, 0.29) is 0 Å². The number of rotatable bonds is 3. The van der Waals surface area contributed by atoms with Crippen LogP contribution in [-0.2, 0) is 0 Å². The van der Waals surface area contributed by atoms with Crippen LogP contribution in [0.1, 0.15) is 13.3 Å². The van der Waals surface area contributed by atoms with E-state index in [1.807, 2.05) is 24.3 Å². The van der Waals surface area contributed by atoms with Crippen LogP contribution in [0.25, 0.3) is 0 Å². The minimum Gasteiger partial charge on any atom is -0.385 e. The molecule has 1 rings (SSSR count). The second kappa shape index (κ2) is 4.24. The summed E-state index contributed by atoms with van der Waals surface area (Å²) >= 11 is 5.72. The van der Waals surface area contributed by atoms with Crippen LogP contribution in [0.2, 0.25) is 5.02 Å². The first-order valence-corrected chi connectivity index (χ1v) is 4.20. The van der Waals surface area contributed by atoms with E-state index in [1.165, 1.54) is 0 Å². The van der Waals surface area contributed by atoms with Gasteiger partial charge in [-0.05, 0) is 30.7 Å². The molecule has 0 unspecified atom stereocenters. The number of nitrogens with one attached hydrogen (secondary N) is 1. The second-order valence-corrected chi connectivity index (χ2v) is 2.87. The monoisotopic (exact) mass is 169 g/mol. The van der Waals surface area contributed by atoms with Crippen molar-refractivity contribution in [3.8, 4) is 0 Å². The summed E-state index contributed by atoms with van der Waals surface area (Å²) in [5.41, 5.74) is 1.14. The van der Waals surface area contributed by atoms with Gasteiger partial charge >= 0.3 is 0 Å². The first-order valence-electron chi connectivity index (χ1n) is 3.82. The SMILES string of the molecule is CCCNc1ccc(Cl)cc1. The highest BCUT2D eigenvalue weighted by molar-refractivity contribution is 6.30. The van der Waals surface area contributed by atoms with Gasteiger partial charge in [-0.2, -0.15) is 0 Å². The molecule has 0 saturated heterocycles. The van der Waals surface area contributed by atoms with Crippen molar-refractivity contribution in [2.24, 2.45) is 0 Å². The van der Waals surface area contributed by atoms with Gasteiger partial charge in [0.15, 0.2) is 0 Å². The minimum absolute atomic E-state index is 0.784. The molecular formula is C9H12ClN. The van der Waals surface area contributed by atoms with Crippen molar-refractivity contribution < 1.29 is 0 Å². The Hall–Kier alpha value is -0.690. The van der Waals surface area contributed by atoms with Crippen LogP contribution in [0.4, 0.5) is 5.69 Å². The molecule has 0 spiro atoms. The Bertz CT molecular complexity index is 205. The fourth-order valence-electron chi connectivity index (χ4n) is 0.837. The average Bonchev–Trinajstić information content (AvgIpc) is 2.04. The highest BCUT2D eigenvalue weighted by Gasteiger charge is 1.88. The summed E-state index contributed by atoms with van der Waals surface area (Å²) in [6, 6.07) is 7.75. The number of benzene rings is 1. The van der Waals surface area contributed by atoms with Crippen LogP contribution >= 0.6 is 11.6 Å². The molecule has 0 aliphatic carbocycles. The molecule has 0 atom stereocenters. The number of anilines is 1. The molecular weight excluding hydrogens is 158 g/mol. The maximum atomic E-state index is 5.72. The van der Waals surface area contributed by atoms with E-state index in [0.717, 1.165) is 23.7 Å². The fraction of sp³-hybridized carbons (Fsp3) is 0.333. The van der Waals surface area contributed by atoms with Gasteiger partial charge in [-0.15, -0.1) is 0 Å². The van der Waals surface area contributed by atoms with Crippen LogP contribution in [0.15, 0.2) is 24.3 Å². The molecule has 11 heavy (non-hydrogen) atoms. The smallest absolute Gasteiger partial charge is 0.0407 e. The van der Waals surface area contributed by atoms with E-state index in [9.17, 15) is 0 Å². The van der Waals surface area contributed by atoms with E-state index in [4.69, 9.17) is 11.6 Å². The molecule has 60 valence electrons. The third kappa shape index (κ3) is 2.81. The zero-order chi connectivity index (χ0) is 8.10. The molecule has 0 aliphatic rings. The van der Waals surface area contributed by atoms with Gasteiger partial charge in [-0.25, -0.2) is 0 Å². The Morgan fingerprint density at radius 2 is 1.91 bits per heavy atom. The van der Waals surface area contributed by atoms with Crippen molar-refractivity contribution in [1.82, 2.24) is 0 Å². The Kier molecular flexibility index (Phi) is 3.24. The van der Waals surface area contributed by atoms with Gasteiger partial charge < -0.3 is 5.32 Å². The van der Waals surface area contributed by atoms with Crippen molar-refractivity contribution in [3.63, 3.8) is 0 Å². The summed E-state index contributed by atoms with van der Waals surface area (Å²) in [5.74, 6) is 0. The lowest BCUT2D eigenvalue weighted by molar-refractivity contribution is 0.980. The predicted molar refractivity (Wildman–Crippen MR) is 50.2 cm³/mol. The third-order valence-corrected chi connectivity index (χ3v) is 1.68. The molecule has 0 bridgehead atoms. The maximum absolute atomic E-state index is 5.72. The van der Waals surface area contributed by atoms with Gasteiger partial charge in [0.1, 0.15) is 0 Å². The van der Waals surface area contributed by atoms with E-state index in [2.05, 4.69) is 12.2 Å². The fourth-order valence-corrected chi connectivity index (χ4v) is 0.963. The quantitative estimate of drug-likeness (QED) is 0.733. The number of halogens is 1. The van der Waals surface area contributed by atoms with Crippen LogP contribution in [-0.4, -0.2) is 6.54 Å². The number of hydrogen-bond donors (Lipinski definition) is 1. The molecule has 1 aromatic rings. The van der Waals surface area contributed by atoms with E-state index in [0.29, 0.717) is 0 Å². The molecule has 1 N–H and O–H groups in total. The second-order valence-electron chi connectivity index (χ2n) is 2.43. The van der Waals surface area contributed by atoms with Crippen molar-refractivity contribution in [1.29, 1.82) is 0 Å². The zero-order valence-electron chi connectivity index (χ0n) is 6.60. The largest absolute Gasteiger partial charge is 0.385 e. The molecule has 0 radical (unpaired) electrons. The standard InChI is InChI=1S/C9H12ClN/c1-2-7-11-9-5-3-8(10)4-6-9/h3-6,11H,2,7H2,1H3. The first-order chi connectivity index (χ1) is 5.33. The summed E-state index contributed by atoms with van der Waals surface area (Å²) in [7, 11) is 0. The van der Waals surface area contributed by atoms with Crippen LogP contribution in [0.3, 0.4) is 0 Å². The molecule has 0 saturated carbocycles.